The lowest BCUT2D eigenvalue weighted by atomic mass is 10.2. The third kappa shape index (κ3) is 3.57. The van der Waals surface area contributed by atoms with Gasteiger partial charge in [-0.25, -0.2) is 4.99 Å². The summed E-state index contributed by atoms with van der Waals surface area (Å²) in [4.78, 5) is 15.3. The number of nitrogens with zero attached hydrogens (tertiary/aromatic N) is 1. The molecule has 0 saturated carbocycles. The molecule has 0 aromatic heterocycles. The van der Waals surface area contributed by atoms with Crippen molar-refractivity contribution in [1.29, 1.82) is 0 Å². The number of rotatable bonds is 3. The molecule has 0 aliphatic carbocycles. The van der Waals surface area contributed by atoms with Crippen molar-refractivity contribution in [2.24, 2.45) is 16.5 Å². The van der Waals surface area contributed by atoms with E-state index in [4.69, 9.17) is 11.5 Å². The van der Waals surface area contributed by atoms with Gasteiger partial charge < -0.3 is 16.8 Å². The molecular formula is C14H14N4O. The van der Waals surface area contributed by atoms with Crippen LogP contribution in [-0.2, 0) is 0 Å². The monoisotopic (exact) mass is 254 g/mol. The molecule has 0 aliphatic rings. The fourth-order valence-electron chi connectivity index (χ4n) is 1.57. The molecule has 0 bridgehead atoms. The van der Waals surface area contributed by atoms with Gasteiger partial charge in [-0.2, -0.15) is 0 Å². The van der Waals surface area contributed by atoms with Crippen LogP contribution >= 0.6 is 0 Å². The van der Waals surface area contributed by atoms with Gasteiger partial charge in [0.05, 0.1) is 5.69 Å². The zero-order valence-corrected chi connectivity index (χ0v) is 10.2. The summed E-state index contributed by atoms with van der Waals surface area (Å²) in [5.41, 5.74) is 12.8. The Kier molecular flexibility index (Phi) is 3.78. The van der Waals surface area contributed by atoms with Crippen molar-refractivity contribution >= 4 is 23.2 Å². The number of nitrogens with two attached hydrogens (primary N) is 2. The first-order valence-electron chi connectivity index (χ1n) is 5.71. The normalized spacial score (nSPS) is 11.1. The zero-order valence-electron chi connectivity index (χ0n) is 10.2. The van der Waals surface area contributed by atoms with Crippen LogP contribution in [0.5, 0.6) is 0 Å². The maximum Gasteiger partial charge on any atom is 0.248 e. The number of guanidine groups is 1. The number of nitrogens with one attached hydrogen (secondary N) is 1. The summed E-state index contributed by atoms with van der Waals surface area (Å²) in [5, 5.41) is 2.91. The summed E-state index contributed by atoms with van der Waals surface area (Å²) in [6.45, 7) is 0. The maximum atomic E-state index is 11.1. The van der Waals surface area contributed by atoms with Gasteiger partial charge >= 0.3 is 0 Å². The molecule has 0 spiro atoms. The Hall–Kier alpha value is -2.82. The van der Waals surface area contributed by atoms with Gasteiger partial charge in [-0.05, 0) is 30.3 Å². The van der Waals surface area contributed by atoms with E-state index in [0.29, 0.717) is 11.3 Å². The van der Waals surface area contributed by atoms with Crippen LogP contribution in [0.3, 0.4) is 0 Å². The molecule has 0 unspecified atom stereocenters. The molecule has 2 rings (SSSR count). The number of hydrogen-bond donors (Lipinski definition) is 3. The summed E-state index contributed by atoms with van der Waals surface area (Å²) < 4.78 is 0. The molecule has 1 amide bonds. The molecule has 5 N–H and O–H groups in total. The van der Waals surface area contributed by atoms with Crippen LogP contribution < -0.4 is 16.8 Å². The predicted molar refractivity (Wildman–Crippen MR) is 76.3 cm³/mol. The molecule has 0 heterocycles. The predicted octanol–water partition coefficient (Wildman–Crippen LogP) is 1.84. The van der Waals surface area contributed by atoms with Gasteiger partial charge in [0.1, 0.15) is 0 Å². The highest BCUT2D eigenvalue weighted by Gasteiger charge is 2.01. The van der Waals surface area contributed by atoms with E-state index in [9.17, 15) is 4.79 Å². The molecule has 0 saturated heterocycles. The number of primary amides is 1. The van der Waals surface area contributed by atoms with E-state index >= 15 is 0 Å². The Bertz CT molecular complexity index is 608. The van der Waals surface area contributed by atoms with Crippen LogP contribution in [0.15, 0.2) is 59.6 Å². The number of amides is 1. The van der Waals surface area contributed by atoms with Crippen LogP contribution in [0.25, 0.3) is 0 Å². The van der Waals surface area contributed by atoms with Crippen molar-refractivity contribution in [2.75, 3.05) is 5.32 Å². The van der Waals surface area contributed by atoms with E-state index in [2.05, 4.69) is 10.3 Å². The first kappa shape index (κ1) is 12.6. The highest BCUT2D eigenvalue weighted by atomic mass is 16.1. The van der Waals surface area contributed by atoms with Crippen molar-refractivity contribution in [1.82, 2.24) is 0 Å². The molecule has 19 heavy (non-hydrogen) atoms. The lowest BCUT2D eigenvalue weighted by Gasteiger charge is -2.06. The molecule has 5 nitrogen and oxygen atoms in total. The van der Waals surface area contributed by atoms with Crippen LogP contribution in [0.2, 0.25) is 0 Å². The number of aliphatic imine (C=N–C) groups is 1. The summed E-state index contributed by atoms with van der Waals surface area (Å²) in [5.74, 6) is -0.241. The molecule has 0 atom stereocenters. The summed E-state index contributed by atoms with van der Waals surface area (Å²) >= 11 is 0. The molecule has 0 radical (unpaired) electrons. The van der Waals surface area contributed by atoms with Gasteiger partial charge in [0, 0.05) is 11.3 Å². The number of hydrogen-bond acceptors (Lipinski definition) is 2. The number of anilines is 1. The van der Waals surface area contributed by atoms with Crippen molar-refractivity contribution in [3.63, 3.8) is 0 Å². The Morgan fingerprint density at radius 3 is 2.42 bits per heavy atom. The average Bonchev–Trinajstić information content (AvgIpc) is 2.40. The van der Waals surface area contributed by atoms with Gasteiger partial charge in [-0.3, -0.25) is 4.79 Å². The molecule has 2 aromatic rings. The SMILES string of the molecule is NC(=O)c1cccc(NC(N)=Nc2ccccc2)c1. The van der Waals surface area contributed by atoms with E-state index in [1.54, 1.807) is 24.3 Å². The summed E-state index contributed by atoms with van der Waals surface area (Å²) in [6.07, 6.45) is 0. The number of para-hydroxylation sites is 1. The third-order valence-corrected chi connectivity index (χ3v) is 2.43. The van der Waals surface area contributed by atoms with Crippen LogP contribution in [-0.4, -0.2) is 11.9 Å². The fraction of sp³-hybridized carbons (Fsp3) is 0. The largest absolute Gasteiger partial charge is 0.369 e. The van der Waals surface area contributed by atoms with E-state index in [1.807, 2.05) is 30.3 Å². The summed E-state index contributed by atoms with van der Waals surface area (Å²) in [7, 11) is 0. The van der Waals surface area contributed by atoms with Crippen LogP contribution in [0.4, 0.5) is 11.4 Å². The molecule has 2 aromatic carbocycles. The topological polar surface area (TPSA) is 93.5 Å². The average molecular weight is 254 g/mol. The standard InChI is InChI=1S/C14H14N4O/c15-13(19)10-5-4-8-12(9-10)18-14(16)17-11-6-2-1-3-7-11/h1-9H,(H2,15,19)(H3,16,17,18). The Labute approximate surface area is 111 Å². The second-order valence-corrected chi connectivity index (χ2v) is 3.90. The highest BCUT2D eigenvalue weighted by molar-refractivity contribution is 5.97. The van der Waals surface area contributed by atoms with E-state index in [1.165, 1.54) is 0 Å². The minimum absolute atomic E-state index is 0.243. The minimum atomic E-state index is -0.484. The Morgan fingerprint density at radius 2 is 1.74 bits per heavy atom. The number of benzene rings is 2. The number of carbonyl (C=O) groups is 1. The molecule has 96 valence electrons. The lowest BCUT2D eigenvalue weighted by molar-refractivity contribution is 0.100. The molecular weight excluding hydrogens is 240 g/mol. The molecule has 0 aliphatic heterocycles. The van der Waals surface area contributed by atoms with Crippen molar-refractivity contribution < 1.29 is 4.79 Å². The molecule has 5 heteroatoms. The Morgan fingerprint density at radius 1 is 1.00 bits per heavy atom. The van der Waals surface area contributed by atoms with Crippen molar-refractivity contribution in [2.45, 2.75) is 0 Å². The quantitative estimate of drug-likeness (QED) is 0.576. The zero-order chi connectivity index (χ0) is 13.7. The van der Waals surface area contributed by atoms with E-state index in [-0.39, 0.29) is 5.96 Å². The van der Waals surface area contributed by atoms with Crippen LogP contribution in [0.1, 0.15) is 10.4 Å². The lowest BCUT2D eigenvalue weighted by Crippen LogP contribution is -2.22. The van der Waals surface area contributed by atoms with Gasteiger partial charge in [-0.15, -0.1) is 0 Å². The van der Waals surface area contributed by atoms with Gasteiger partial charge in [0.2, 0.25) is 5.91 Å². The number of carbonyl (C=O) groups excluding carboxylic acids is 1. The Balaban J connectivity index is 2.15. The second kappa shape index (κ2) is 5.68. The first-order valence-corrected chi connectivity index (χ1v) is 5.71. The fourth-order valence-corrected chi connectivity index (χ4v) is 1.57. The minimum Gasteiger partial charge on any atom is -0.369 e. The van der Waals surface area contributed by atoms with E-state index < -0.39 is 5.91 Å². The smallest absolute Gasteiger partial charge is 0.248 e. The maximum absolute atomic E-state index is 11.1. The van der Waals surface area contributed by atoms with Crippen LogP contribution in [0, 0.1) is 0 Å². The second-order valence-electron chi connectivity index (χ2n) is 3.90. The third-order valence-electron chi connectivity index (χ3n) is 2.43. The van der Waals surface area contributed by atoms with Crippen molar-refractivity contribution in [3.05, 3.63) is 60.2 Å². The highest BCUT2D eigenvalue weighted by Crippen LogP contribution is 2.12. The van der Waals surface area contributed by atoms with Gasteiger partial charge in [-0.1, -0.05) is 24.3 Å². The molecule has 0 fully saturated rings. The first-order chi connectivity index (χ1) is 9.15. The summed E-state index contributed by atoms with van der Waals surface area (Å²) in [6, 6.07) is 16.1. The van der Waals surface area contributed by atoms with Gasteiger partial charge in [0.15, 0.2) is 5.96 Å². The van der Waals surface area contributed by atoms with E-state index in [0.717, 1.165) is 5.69 Å². The van der Waals surface area contributed by atoms with Crippen molar-refractivity contribution in [3.8, 4) is 0 Å². The van der Waals surface area contributed by atoms with Gasteiger partial charge in [0.25, 0.3) is 0 Å².